The zero-order chi connectivity index (χ0) is 12.8. The Balaban J connectivity index is 1.72. The van der Waals surface area contributed by atoms with Gasteiger partial charge in [-0.1, -0.05) is 6.07 Å². The summed E-state index contributed by atoms with van der Waals surface area (Å²) in [6, 6.07) is 10.9. The van der Waals surface area contributed by atoms with Crippen LogP contribution >= 0.6 is 0 Å². The van der Waals surface area contributed by atoms with E-state index < -0.39 is 0 Å². The smallest absolute Gasteiger partial charge is 0.119 e. The number of aryl methyl sites for hydroxylation is 1. The van der Waals surface area contributed by atoms with Crippen LogP contribution in [0, 0.1) is 5.92 Å². The van der Waals surface area contributed by atoms with Crippen LogP contribution < -0.4 is 4.74 Å². The molecule has 2 aliphatic carbocycles. The molecule has 19 heavy (non-hydrogen) atoms. The predicted molar refractivity (Wildman–Crippen MR) is 74.5 cm³/mol. The van der Waals surface area contributed by atoms with Crippen LogP contribution in [-0.2, 0) is 6.42 Å². The summed E-state index contributed by atoms with van der Waals surface area (Å²) in [7, 11) is 1.75. The van der Waals surface area contributed by atoms with E-state index in [9.17, 15) is 0 Å². The molecule has 4 rings (SSSR count). The number of hydrogen-bond acceptors (Lipinski definition) is 2. The fourth-order valence-electron chi connectivity index (χ4n) is 3.76. The predicted octanol–water partition coefficient (Wildman–Crippen LogP) is 3.53. The molecule has 0 unspecified atom stereocenters. The van der Waals surface area contributed by atoms with Crippen molar-refractivity contribution >= 4 is 0 Å². The van der Waals surface area contributed by atoms with Gasteiger partial charge < -0.3 is 4.74 Å². The zero-order valence-electron chi connectivity index (χ0n) is 11.0. The second kappa shape index (κ2) is 4.09. The fraction of sp³-hybridized carbons (Fsp3) is 0.353. The molecule has 0 N–H and O–H groups in total. The lowest BCUT2D eigenvalue weighted by atomic mass is 9.91. The fourth-order valence-corrected chi connectivity index (χ4v) is 3.76. The topological polar surface area (TPSA) is 22.1 Å². The molecular weight excluding hydrogens is 234 g/mol. The van der Waals surface area contributed by atoms with Crippen LogP contribution in [0.15, 0.2) is 42.7 Å². The van der Waals surface area contributed by atoms with Crippen molar-refractivity contribution in [2.75, 3.05) is 7.11 Å². The quantitative estimate of drug-likeness (QED) is 0.814. The number of ether oxygens (including phenoxy) is 1. The van der Waals surface area contributed by atoms with Gasteiger partial charge in [-0.2, -0.15) is 0 Å². The van der Waals surface area contributed by atoms with Crippen LogP contribution in [0.2, 0.25) is 0 Å². The van der Waals surface area contributed by atoms with E-state index in [1.54, 1.807) is 7.11 Å². The summed E-state index contributed by atoms with van der Waals surface area (Å²) in [6.45, 7) is 0. The number of benzene rings is 1. The van der Waals surface area contributed by atoms with E-state index in [1.807, 2.05) is 12.4 Å². The Morgan fingerprint density at radius 1 is 1.11 bits per heavy atom. The maximum atomic E-state index is 5.38. The lowest BCUT2D eigenvalue weighted by molar-refractivity contribution is 0.413. The van der Waals surface area contributed by atoms with Crippen LogP contribution in [0.5, 0.6) is 5.75 Å². The molecule has 1 aromatic heterocycles. The first-order chi connectivity index (χ1) is 9.38. The summed E-state index contributed by atoms with van der Waals surface area (Å²) < 4.78 is 5.38. The Bertz CT molecular complexity index is 608. The van der Waals surface area contributed by atoms with E-state index >= 15 is 0 Å². The van der Waals surface area contributed by atoms with Gasteiger partial charge in [0, 0.05) is 12.4 Å². The average molecular weight is 251 g/mol. The van der Waals surface area contributed by atoms with Gasteiger partial charge in [0.2, 0.25) is 0 Å². The highest BCUT2D eigenvalue weighted by Gasteiger charge is 2.53. The molecular formula is C17H17NO. The second-order valence-electron chi connectivity index (χ2n) is 5.60. The van der Waals surface area contributed by atoms with Crippen LogP contribution in [0.3, 0.4) is 0 Å². The molecule has 0 bridgehead atoms. The molecule has 1 fully saturated rings. The molecule has 0 radical (unpaired) electrons. The SMILES string of the molecule is COc1ccc2c(c1)[C@@H]1[C@H](CC2)[C@H]1c1ccncc1. The molecule has 0 aliphatic heterocycles. The first-order valence-electron chi connectivity index (χ1n) is 6.95. The number of hydrogen-bond donors (Lipinski definition) is 0. The highest BCUT2D eigenvalue weighted by Crippen LogP contribution is 2.65. The van der Waals surface area contributed by atoms with Crippen LogP contribution in [0.25, 0.3) is 0 Å². The first kappa shape index (κ1) is 11.0. The Kier molecular flexibility index (Phi) is 2.37. The number of aromatic nitrogens is 1. The summed E-state index contributed by atoms with van der Waals surface area (Å²) in [6.07, 6.45) is 6.34. The minimum atomic E-state index is 0.691. The number of rotatable bonds is 2. The molecule has 2 heteroatoms. The van der Waals surface area contributed by atoms with Gasteiger partial charge in [-0.15, -0.1) is 0 Å². The number of nitrogens with zero attached hydrogens (tertiary/aromatic N) is 1. The molecule has 2 aromatic rings. The molecule has 1 saturated carbocycles. The third kappa shape index (κ3) is 1.66. The van der Waals surface area contributed by atoms with Gasteiger partial charge in [0.15, 0.2) is 0 Å². The highest BCUT2D eigenvalue weighted by atomic mass is 16.5. The number of fused-ring (bicyclic) bond motifs is 3. The Hall–Kier alpha value is -1.83. The first-order valence-corrected chi connectivity index (χ1v) is 6.95. The van der Waals surface area contributed by atoms with Crippen LogP contribution in [-0.4, -0.2) is 12.1 Å². The Labute approximate surface area is 113 Å². The van der Waals surface area contributed by atoms with Gasteiger partial charge in [-0.3, -0.25) is 4.98 Å². The minimum Gasteiger partial charge on any atom is -0.497 e. The van der Waals surface area contributed by atoms with Crippen molar-refractivity contribution in [3.63, 3.8) is 0 Å². The van der Waals surface area contributed by atoms with Gasteiger partial charge in [0.25, 0.3) is 0 Å². The normalized spacial score (nSPS) is 27.3. The van der Waals surface area contributed by atoms with Crippen molar-refractivity contribution in [1.82, 2.24) is 4.98 Å². The van der Waals surface area contributed by atoms with Gasteiger partial charge in [-0.05, 0) is 71.6 Å². The van der Waals surface area contributed by atoms with Crippen molar-refractivity contribution in [2.45, 2.75) is 24.7 Å². The molecule has 0 saturated heterocycles. The minimum absolute atomic E-state index is 0.691. The summed E-state index contributed by atoms with van der Waals surface area (Å²) in [5.41, 5.74) is 4.47. The van der Waals surface area contributed by atoms with Gasteiger partial charge >= 0.3 is 0 Å². The molecule has 1 aromatic carbocycles. The molecule has 2 nitrogen and oxygen atoms in total. The monoisotopic (exact) mass is 251 g/mol. The van der Waals surface area contributed by atoms with Crippen molar-refractivity contribution in [2.24, 2.45) is 5.92 Å². The number of methoxy groups -OCH3 is 1. The van der Waals surface area contributed by atoms with Crippen molar-refractivity contribution in [1.29, 1.82) is 0 Å². The highest BCUT2D eigenvalue weighted by molar-refractivity contribution is 5.48. The molecule has 1 heterocycles. The third-order valence-electron chi connectivity index (χ3n) is 4.72. The molecule has 0 amide bonds. The standard InChI is InChI=1S/C17H17NO/c1-19-13-4-2-11-3-5-14-16(17(14)15(11)10-13)12-6-8-18-9-7-12/h2,4,6-10,14,16-17H,3,5H2,1H3/t14-,16-,17+/m1/s1. The lowest BCUT2D eigenvalue weighted by Crippen LogP contribution is -2.01. The molecule has 2 aliphatic rings. The van der Waals surface area contributed by atoms with Gasteiger partial charge in [0.1, 0.15) is 5.75 Å². The lowest BCUT2D eigenvalue weighted by Gasteiger charge is -2.15. The van der Waals surface area contributed by atoms with Gasteiger partial charge in [0.05, 0.1) is 7.11 Å². The van der Waals surface area contributed by atoms with E-state index in [1.165, 1.54) is 29.5 Å². The molecule has 0 spiro atoms. The van der Waals surface area contributed by atoms with Crippen molar-refractivity contribution in [3.05, 3.63) is 59.4 Å². The average Bonchev–Trinajstić information content (AvgIpc) is 3.22. The van der Waals surface area contributed by atoms with E-state index in [0.717, 1.165) is 11.7 Å². The maximum absolute atomic E-state index is 5.38. The van der Waals surface area contributed by atoms with E-state index in [4.69, 9.17) is 4.74 Å². The largest absolute Gasteiger partial charge is 0.497 e. The summed E-state index contributed by atoms with van der Waals surface area (Å²) in [4.78, 5) is 4.12. The second-order valence-corrected chi connectivity index (χ2v) is 5.60. The Morgan fingerprint density at radius 3 is 2.74 bits per heavy atom. The van der Waals surface area contributed by atoms with E-state index in [-0.39, 0.29) is 0 Å². The summed E-state index contributed by atoms with van der Waals surface area (Å²) >= 11 is 0. The molecule has 3 atom stereocenters. The molecule has 96 valence electrons. The van der Waals surface area contributed by atoms with Crippen LogP contribution in [0.1, 0.15) is 34.9 Å². The number of pyridine rings is 1. The van der Waals surface area contributed by atoms with Crippen molar-refractivity contribution in [3.8, 4) is 5.75 Å². The summed E-state index contributed by atoms with van der Waals surface area (Å²) in [5.74, 6) is 3.19. The van der Waals surface area contributed by atoms with Crippen LogP contribution in [0.4, 0.5) is 0 Å². The third-order valence-corrected chi connectivity index (χ3v) is 4.72. The van der Waals surface area contributed by atoms with Crippen molar-refractivity contribution < 1.29 is 4.74 Å². The van der Waals surface area contributed by atoms with E-state index in [0.29, 0.717) is 11.8 Å². The zero-order valence-corrected chi connectivity index (χ0v) is 11.0. The van der Waals surface area contributed by atoms with Gasteiger partial charge in [-0.25, -0.2) is 0 Å². The summed E-state index contributed by atoms with van der Waals surface area (Å²) in [5, 5.41) is 0. The van der Waals surface area contributed by atoms with E-state index in [2.05, 4.69) is 35.3 Å². The maximum Gasteiger partial charge on any atom is 0.119 e. The Morgan fingerprint density at radius 2 is 1.95 bits per heavy atom.